The van der Waals surface area contributed by atoms with Crippen molar-refractivity contribution < 1.29 is 19.1 Å². The summed E-state index contributed by atoms with van der Waals surface area (Å²) in [4.78, 5) is 42.6. The summed E-state index contributed by atoms with van der Waals surface area (Å²) in [5, 5.41) is 16.7. The summed E-state index contributed by atoms with van der Waals surface area (Å²) in [6.07, 6.45) is 3.38. The van der Waals surface area contributed by atoms with E-state index in [2.05, 4.69) is 15.4 Å². The van der Waals surface area contributed by atoms with Crippen molar-refractivity contribution in [3.63, 3.8) is 0 Å². The summed E-state index contributed by atoms with van der Waals surface area (Å²) >= 11 is 0. The van der Waals surface area contributed by atoms with E-state index in [1.54, 1.807) is 21.7 Å². The third-order valence-corrected chi connectivity index (χ3v) is 6.56. The normalized spacial score (nSPS) is 18.9. The number of para-hydroxylation sites is 1. The topological polar surface area (TPSA) is 130 Å². The molecular formula is C25H24N6O4. The van der Waals surface area contributed by atoms with Crippen molar-refractivity contribution in [2.75, 3.05) is 13.1 Å². The molecule has 4 heterocycles. The van der Waals surface area contributed by atoms with Gasteiger partial charge in [-0.2, -0.15) is 10.4 Å². The molecule has 2 aliphatic rings. The lowest BCUT2D eigenvalue weighted by molar-refractivity contribution is -0.134. The molecule has 3 amide bonds. The minimum Gasteiger partial charge on any atom is -0.488 e. The second-order valence-electron chi connectivity index (χ2n) is 8.82. The van der Waals surface area contributed by atoms with Crippen LogP contribution in [-0.2, 0) is 16.6 Å². The molecule has 0 saturated carbocycles. The molecule has 1 atom stereocenters. The Hall–Kier alpha value is -4.26. The van der Waals surface area contributed by atoms with E-state index in [9.17, 15) is 14.4 Å². The van der Waals surface area contributed by atoms with Crippen LogP contribution in [0.5, 0.6) is 5.75 Å². The zero-order valence-electron chi connectivity index (χ0n) is 19.2. The Balaban J connectivity index is 1.29. The first kappa shape index (κ1) is 22.5. The number of aryl methyl sites for hydroxylation is 1. The van der Waals surface area contributed by atoms with Gasteiger partial charge in [-0.3, -0.25) is 24.4 Å². The minimum absolute atomic E-state index is 0.0764. The molecule has 0 aliphatic carbocycles. The molecule has 3 aromatic rings. The highest BCUT2D eigenvalue weighted by Gasteiger charge is 2.32. The van der Waals surface area contributed by atoms with Crippen molar-refractivity contribution in [3.05, 3.63) is 53.5 Å². The van der Waals surface area contributed by atoms with Crippen LogP contribution in [-0.4, -0.2) is 56.6 Å². The van der Waals surface area contributed by atoms with Crippen LogP contribution in [0.25, 0.3) is 10.9 Å². The van der Waals surface area contributed by atoms with E-state index in [4.69, 9.17) is 10.00 Å². The second-order valence-corrected chi connectivity index (χ2v) is 8.82. The number of amides is 3. The van der Waals surface area contributed by atoms with Crippen molar-refractivity contribution in [2.24, 2.45) is 7.05 Å². The molecule has 2 fully saturated rings. The standard InChI is InChI=1S/C25H24N6O4/c1-30-23-17(22(29-30)18-6-8-21(32)28-24(18)33)3-2-4-20(23)35-16-9-11-31(12-10-16)25(34)19-7-5-15(13-26)14-27-19/h2-5,7,14,16,18H,6,8-12H2,1H3,(H,28,32,33). The fourth-order valence-corrected chi connectivity index (χ4v) is 4.74. The third kappa shape index (κ3) is 4.33. The smallest absolute Gasteiger partial charge is 0.272 e. The van der Waals surface area contributed by atoms with E-state index >= 15 is 0 Å². The van der Waals surface area contributed by atoms with Crippen molar-refractivity contribution in [3.8, 4) is 11.8 Å². The maximum absolute atomic E-state index is 12.8. The number of carbonyl (C=O) groups is 3. The first-order valence-electron chi connectivity index (χ1n) is 11.6. The van der Waals surface area contributed by atoms with Crippen molar-refractivity contribution in [1.82, 2.24) is 25.0 Å². The average molecular weight is 473 g/mol. The van der Waals surface area contributed by atoms with Gasteiger partial charge in [-0.05, 0) is 24.6 Å². The van der Waals surface area contributed by atoms with Gasteiger partial charge in [0, 0.05) is 51.0 Å². The van der Waals surface area contributed by atoms with Gasteiger partial charge >= 0.3 is 0 Å². The molecule has 178 valence electrons. The Morgan fingerprint density at radius 1 is 1.17 bits per heavy atom. The van der Waals surface area contributed by atoms with Crippen LogP contribution in [0.3, 0.4) is 0 Å². The number of rotatable bonds is 4. The molecule has 0 bridgehead atoms. The SMILES string of the molecule is Cn1nc(C2CCC(=O)NC2=O)c2cccc(OC3CCN(C(=O)c4ccc(C#N)cn4)CC3)c21. The second kappa shape index (κ2) is 9.18. The van der Waals surface area contributed by atoms with Crippen LogP contribution in [0, 0.1) is 11.3 Å². The predicted octanol–water partition coefficient (Wildman–Crippen LogP) is 2.04. The highest BCUT2D eigenvalue weighted by Crippen LogP contribution is 2.35. The summed E-state index contributed by atoms with van der Waals surface area (Å²) < 4.78 is 8.07. The number of benzene rings is 1. The van der Waals surface area contributed by atoms with Crippen LogP contribution in [0.2, 0.25) is 0 Å². The van der Waals surface area contributed by atoms with E-state index < -0.39 is 5.92 Å². The third-order valence-electron chi connectivity index (χ3n) is 6.56. The summed E-state index contributed by atoms with van der Waals surface area (Å²) in [7, 11) is 1.82. The van der Waals surface area contributed by atoms with E-state index in [1.807, 2.05) is 31.3 Å². The van der Waals surface area contributed by atoms with E-state index in [-0.39, 0.29) is 23.8 Å². The minimum atomic E-state index is -0.475. The van der Waals surface area contributed by atoms with Crippen molar-refractivity contribution in [2.45, 2.75) is 37.7 Å². The fraction of sp³-hybridized carbons (Fsp3) is 0.360. The average Bonchev–Trinajstić information content (AvgIpc) is 3.21. The van der Waals surface area contributed by atoms with Gasteiger partial charge in [0.15, 0.2) is 0 Å². The van der Waals surface area contributed by atoms with Gasteiger partial charge in [0.1, 0.15) is 29.1 Å². The number of nitrogens with one attached hydrogen (secondary N) is 1. The molecule has 1 N–H and O–H groups in total. The molecule has 1 aromatic carbocycles. The van der Waals surface area contributed by atoms with Crippen LogP contribution in [0.15, 0.2) is 36.5 Å². The van der Waals surface area contributed by atoms with Crippen LogP contribution in [0.1, 0.15) is 53.3 Å². The number of imide groups is 1. The predicted molar refractivity (Wildman–Crippen MR) is 124 cm³/mol. The molecule has 0 radical (unpaired) electrons. The number of pyridine rings is 1. The molecule has 35 heavy (non-hydrogen) atoms. The molecule has 10 heteroatoms. The van der Waals surface area contributed by atoms with E-state index in [0.717, 1.165) is 10.9 Å². The Morgan fingerprint density at radius 3 is 2.66 bits per heavy atom. The van der Waals surface area contributed by atoms with Gasteiger partial charge in [-0.15, -0.1) is 0 Å². The Morgan fingerprint density at radius 2 is 1.97 bits per heavy atom. The highest BCUT2D eigenvalue weighted by molar-refractivity contribution is 6.03. The maximum Gasteiger partial charge on any atom is 0.272 e. The number of ether oxygens (including phenoxy) is 1. The fourth-order valence-electron chi connectivity index (χ4n) is 4.74. The Kier molecular flexibility index (Phi) is 5.91. The molecule has 10 nitrogen and oxygen atoms in total. The highest BCUT2D eigenvalue weighted by atomic mass is 16.5. The zero-order valence-corrected chi connectivity index (χ0v) is 19.2. The Bertz CT molecular complexity index is 1350. The number of hydrogen-bond acceptors (Lipinski definition) is 7. The van der Waals surface area contributed by atoms with Crippen LogP contribution < -0.4 is 10.1 Å². The van der Waals surface area contributed by atoms with Crippen LogP contribution >= 0.6 is 0 Å². The molecule has 1 unspecified atom stereocenters. The zero-order chi connectivity index (χ0) is 24.5. The number of nitriles is 1. The Labute approximate surface area is 201 Å². The quantitative estimate of drug-likeness (QED) is 0.575. The van der Waals surface area contributed by atoms with Crippen LogP contribution in [0.4, 0.5) is 0 Å². The molecule has 0 spiro atoms. The number of nitrogens with zero attached hydrogens (tertiary/aromatic N) is 5. The number of likely N-dealkylation sites (tertiary alicyclic amines) is 1. The lowest BCUT2D eigenvalue weighted by atomic mass is 9.93. The number of aromatic nitrogens is 3. The maximum atomic E-state index is 12.8. The summed E-state index contributed by atoms with van der Waals surface area (Å²) in [6, 6.07) is 10.8. The summed E-state index contributed by atoms with van der Waals surface area (Å²) in [5.41, 5.74) is 2.18. The van der Waals surface area contributed by atoms with Gasteiger partial charge in [-0.1, -0.05) is 12.1 Å². The number of hydrogen-bond donors (Lipinski definition) is 1. The first-order valence-corrected chi connectivity index (χ1v) is 11.6. The molecule has 2 aliphatic heterocycles. The van der Waals surface area contributed by atoms with Gasteiger partial charge in [0.25, 0.3) is 5.91 Å². The lowest BCUT2D eigenvalue weighted by Crippen LogP contribution is -2.42. The summed E-state index contributed by atoms with van der Waals surface area (Å²) in [6.45, 7) is 1.07. The van der Waals surface area contributed by atoms with Gasteiger partial charge in [0.2, 0.25) is 11.8 Å². The summed E-state index contributed by atoms with van der Waals surface area (Å²) in [5.74, 6) is -0.529. The molecule has 2 saturated heterocycles. The molecular weight excluding hydrogens is 448 g/mol. The first-order chi connectivity index (χ1) is 16.9. The molecule has 5 rings (SSSR count). The number of carbonyl (C=O) groups excluding carboxylic acids is 3. The van der Waals surface area contributed by atoms with Gasteiger partial charge in [0.05, 0.1) is 17.2 Å². The number of piperidine rings is 2. The van der Waals surface area contributed by atoms with Gasteiger partial charge < -0.3 is 9.64 Å². The largest absolute Gasteiger partial charge is 0.488 e. The van der Waals surface area contributed by atoms with Gasteiger partial charge in [-0.25, -0.2) is 4.98 Å². The number of fused-ring (bicyclic) bond motifs is 1. The molecule has 2 aromatic heterocycles. The van der Waals surface area contributed by atoms with E-state index in [0.29, 0.717) is 61.5 Å². The van der Waals surface area contributed by atoms with E-state index in [1.165, 1.54) is 6.20 Å². The monoisotopic (exact) mass is 472 g/mol. The van der Waals surface area contributed by atoms with Crippen molar-refractivity contribution >= 4 is 28.6 Å². The lowest BCUT2D eigenvalue weighted by Gasteiger charge is -2.32. The van der Waals surface area contributed by atoms with Crippen molar-refractivity contribution in [1.29, 1.82) is 5.26 Å².